The predicted molar refractivity (Wildman–Crippen MR) is 61.2 cm³/mol. The molecule has 5 heteroatoms. The second-order valence-corrected chi connectivity index (χ2v) is 4.65. The van der Waals surface area contributed by atoms with Gasteiger partial charge in [0.1, 0.15) is 0 Å². The van der Waals surface area contributed by atoms with E-state index in [4.69, 9.17) is 5.84 Å². The van der Waals surface area contributed by atoms with Crippen molar-refractivity contribution in [3.63, 3.8) is 0 Å². The highest BCUT2D eigenvalue weighted by atomic mass is 79.9. The summed E-state index contributed by atoms with van der Waals surface area (Å²) in [5.74, 6) is 4.81. The van der Waals surface area contributed by atoms with Gasteiger partial charge in [0.25, 0.3) is 5.91 Å². The summed E-state index contributed by atoms with van der Waals surface area (Å²) in [6.45, 7) is 0. The van der Waals surface area contributed by atoms with Gasteiger partial charge in [0.15, 0.2) is 0 Å². The summed E-state index contributed by atoms with van der Waals surface area (Å²) >= 11 is 4.85. The molecule has 0 atom stereocenters. The number of hydrogen-bond donors (Lipinski definition) is 2. The maximum atomic E-state index is 11.3. The molecule has 0 aliphatic rings. The van der Waals surface area contributed by atoms with Crippen LogP contribution < -0.4 is 11.3 Å². The molecule has 1 heterocycles. The minimum Gasteiger partial charge on any atom is -0.289 e. The summed E-state index contributed by atoms with van der Waals surface area (Å²) in [4.78, 5) is 11.9. The first-order valence-corrected chi connectivity index (χ1v) is 5.52. The minimum atomic E-state index is -0.252. The van der Waals surface area contributed by atoms with Gasteiger partial charge in [-0.25, -0.2) is 5.84 Å². The van der Waals surface area contributed by atoms with Gasteiger partial charge in [-0.1, -0.05) is 12.1 Å². The van der Waals surface area contributed by atoms with Crippen LogP contribution in [0.3, 0.4) is 0 Å². The number of hydrazine groups is 1. The molecule has 0 aliphatic carbocycles. The lowest BCUT2D eigenvalue weighted by Crippen LogP contribution is -2.29. The summed E-state index contributed by atoms with van der Waals surface area (Å²) in [6.07, 6.45) is 0. The van der Waals surface area contributed by atoms with Crippen molar-refractivity contribution in [2.75, 3.05) is 0 Å². The highest BCUT2D eigenvalue weighted by Crippen LogP contribution is 2.31. The first-order chi connectivity index (χ1) is 6.72. The fourth-order valence-electron chi connectivity index (χ4n) is 1.21. The number of nitrogen functional groups attached to an aromatic ring is 1. The molecule has 0 aliphatic heterocycles. The SMILES string of the molecule is NNC(=O)c1cc2cccc(Br)c2s1. The molecule has 72 valence electrons. The fourth-order valence-corrected chi connectivity index (χ4v) is 2.80. The molecule has 0 saturated carbocycles. The zero-order valence-corrected chi connectivity index (χ0v) is 9.48. The first-order valence-electron chi connectivity index (χ1n) is 3.91. The Hall–Kier alpha value is -0.910. The number of carbonyl (C=O) groups excluding carboxylic acids is 1. The van der Waals surface area contributed by atoms with Crippen molar-refractivity contribution in [3.05, 3.63) is 33.6 Å². The molecular weight excluding hydrogens is 264 g/mol. The maximum Gasteiger partial charge on any atom is 0.275 e. The number of hydrogen-bond acceptors (Lipinski definition) is 3. The Bertz CT molecular complexity index is 495. The third-order valence-electron chi connectivity index (χ3n) is 1.85. The summed E-state index contributed by atoms with van der Waals surface area (Å²) < 4.78 is 2.06. The van der Waals surface area contributed by atoms with Crippen LogP contribution >= 0.6 is 27.3 Å². The van der Waals surface area contributed by atoms with Crippen LogP contribution in [0.25, 0.3) is 10.1 Å². The average molecular weight is 271 g/mol. The lowest BCUT2D eigenvalue weighted by Gasteiger charge is -1.91. The van der Waals surface area contributed by atoms with E-state index < -0.39 is 0 Å². The van der Waals surface area contributed by atoms with E-state index in [1.165, 1.54) is 11.3 Å². The molecule has 0 fully saturated rings. The zero-order valence-electron chi connectivity index (χ0n) is 7.08. The number of carbonyl (C=O) groups is 1. The fraction of sp³-hybridized carbons (Fsp3) is 0. The topological polar surface area (TPSA) is 55.1 Å². The van der Waals surface area contributed by atoms with E-state index >= 15 is 0 Å². The normalized spacial score (nSPS) is 10.4. The lowest BCUT2D eigenvalue weighted by atomic mass is 10.2. The largest absolute Gasteiger partial charge is 0.289 e. The van der Waals surface area contributed by atoms with Crippen molar-refractivity contribution in [2.45, 2.75) is 0 Å². The first kappa shape index (κ1) is 9.64. The molecule has 0 saturated heterocycles. The van der Waals surface area contributed by atoms with E-state index in [1.807, 2.05) is 24.3 Å². The molecule has 1 amide bonds. The van der Waals surface area contributed by atoms with Crippen LogP contribution in [0.15, 0.2) is 28.7 Å². The Kier molecular flexibility index (Phi) is 2.54. The van der Waals surface area contributed by atoms with E-state index in [9.17, 15) is 4.79 Å². The molecular formula is C9H7BrN2OS. The third-order valence-corrected chi connectivity index (χ3v) is 3.96. The summed E-state index contributed by atoms with van der Waals surface area (Å²) in [5, 5.41) is 1.04. The number of amides is 1. The number of fused-ring (bicyclic) bond motifs is 1. The van der Waals surface area contributed by atoms with E-state index in [0.29, 0.717) is 4.88 Å². The van der Waals surface area contributed by atoms with Gasteiger partial charge in [-0.15, -0.1) is 11.3 Å². The van der Waals surface area contributed by atoms with Crippen molar-refractivity contribution in [2.24, 2.45) is 5.84 Å². The van der Waals surface area contributed by atoms with Crippen molar-refractivity contribution in [1.29, 1.82) is 0 Å². The van der Waals surface area contributed by atoms with Crippen molar-refractivity contribution in [3.8, 4) is 0 Å². The lowest BCUT2D eigenvalue weighted by molar-refractivity contribution is 0.0958. The predicted octanol–water partition coefficient (Wildman–Crippen LogP) is 2.27. The Morgan fingerprint density at radius 3 is 2.93 bits per heavy atom. The molecule has 14 heavy (non-hydrogen) atoms. The summed E-state index contributed by atoms with van der Waals surface area (Å²) in [5.41, 5.74) is 2.12. The van der Waals surface area contributed by atoms with Crippen LogP contribution in [0.4, 0.5) is 0 Å². The number of nitrogens with one attached hydrogen (secondary N) is 1. The monoisotopic (exact) mass is 270 g/mol. The molecule has 0 bridgehead atoms. The second-order valence-electron chi connectivity index (χ2n) is 2.74. The van der Waals surface area contributed by atoms with Gasteiger partial charge in [-0.2, -0.15) is 0 Å². The molecule has 0 radical (unpaired) electrons. The standard InChI is InChI=1S/C9H7BrN2OS/c10-6-3-1-2-5-4-7(9(13)12-11)14-8(5)6/h1-4H,11H2,(H,12,13). The average Bonchev–Trinajstić information content (AvgIpc) is 2.62. The van der Waals surface area contributed by atoms with Crippen LogP contribution in [0.1, 0.15) is 9.67 Å². The van der Waals surface area contributed by atoms with Gasteiger partial charge >= 0.3 is 0 Å². The Morgan fingerprint density at radius 2 is 2.29 bits per heavy atom. The third kappa shape index (κ3) is 1.54. The van der Waals surface area contributed by atoms with Gasteiger partial charge in [0.2, 0.25) is 0 Å². The number of benzene rings is 1. The zero-order chi connectivity index (χ0) is 10.1. The summed E-state index contributed by atoms with van der Waals surface area (Å²) in [7, 11) is 0. The maximum absolute atomic E-state index is 11.3. The van der Waals surface area contributed by atoms with Gasteiger partial charge in [0.05, 0.1) is 4.88 Å². The Labute approximate surface area is 93.0 Å². The smallest absolute Gasteiger partial charge is 0.275 e. The Balaban J connectivity index is 2.62. The van der Waals surface area contributed by atoms with Gasteiger partial charge in [0, 0.05) is 9.17 Å². The molecule has 0 unspecified atom stereocenters. The molecule has 0 spiro atoms. The number of rotatable bonds is 1. The van der Waals surface area contributed by atoms with E-state index in [-0.39, 0.29) is 5.91 Å². The molecule has 1 aromatic heterocycles. The van der Waals surface area contributed by atoms with Crippen LogP contribution in [-0.4, -0.2) is 5.91 Å². The quantitative estimate of drug-likeness (QED) is 0.475. The van der Waals surface area contributed by atoms with E-state index in [2.05, 4.69) is 21.4 Å². The van der Waals surface area contributed by atoms with Crippen molar-refractivity contribution < 1.29 is 4.79 Å². The van der Waals surface area contributed by atoms with E-state index in [0.717, 1.165) is 14.6 Å². The van der Waals surface area contributed by atoms with Crippen LogP contribution in [0.2, 0.25) is 0 Å². The van der Waals surface area contributed by atoms with Crippen molar-refractivity contribution in [1.82, 2.24) is 5.43 Å². The molecule has 2 rings (SSSR count). The molecule has 3 nitrogen and oxygen atoms in total. The highest BCUT2D eigenvalue weighted by molar-refractivity contribution is 9.10. The highest BCUT2D eigenvalue weighted by Gasteiger charge is 2.09. The molecule has 2 aromatic rings. The summed E-state index contributed by atoms with van der Waals surface area (Å²) in [6, 6.07) is 7.67. The van der Waals surface area contributed by atoms with Gasteiger partial charge in [-0.3, -0.25) is 10.2 Å². The van der Waals surface area contributed by atoms with E-state index in [1.54, 1.807) is 0 Å². The second kappa shape index (κ2) is 3.68. The van der Waals surface area contributed by atoms with Crippen LogP contribution in [0.5, 0.6) is 0 Å². The number of halogens is 1. The van der Waals surface area contributed by atoms with Crippen LogP contribution in [0, 0.1) is 0 Å². The number of thiophene rings is 1. The van der Waals surface area contributed by atoms with Crippen LogP contribution in [-0.2, 0) is 0 Å². The van der Waals surface area contributed by atoms with Crippen molar-refractivity contribution >= 4 is 43.3 Å². The number of nitrogens with two attached hydrogens (primary N) is 1. The van der Waals surface area contributed by atoms with Gasteiger partial charge in [-0.05, 0) is 33.4 Å². The Morgan fingerprint density at radius 1 is 1.50 bits per heavy atom. The molecule has 1 aromatic carbocycles. The molecule has 3 N–H and O–H groups in total. The minimum absolute atomic E-state index is 0.252. The van der Waals surface area contributed by atoms with Gasteiger partial charge < -0.3 is 0 Å².